The number of rotatable bonds is 1. The van der Waals surface area contributed by atoms with Crippen LogP contribution in [0.1, 0.15) is 0 Å². The Balaban J connectivity index is 0.000000980. The Kier molecular flexibility index (Phi) is 9.19. The maximum atomic E-state index is 10.8. The van der Waals surface area contributed by atoms with Gasteiger partial charge in [0.1, 0.15) is 0 Å². The molecule has 2 nitrogen and oxygen atoms in total. The van der Waals surface area contributed by atoms with Gasteiger partial charge >= 0.3 is 103 Å². The summed E-state index contributed by atoms with van der Waals surface area (Å²) in [5.41, 5.74) is 0.332. The Morgan fingerprint density at radius 1 is 0.800 bits per heavy atom. The van der Waals surface area contributed by atoms with E-state index in [4.69, 9.17) is 0 Å². The van der Waals surface area contributed by atoms with Crippen LogP contribution in [0.15, 0.2) is 42.5 Å². The maximum Gasteiger partial charge on any atom is 1.00 e. The van der Waals surface area contributed by atoms with Gasteiger partial charge in [0.15, 0.2) is 0 Å². The van der Waals surface area contributed by atoms with Gasteiger partial charge in [-0.3, -0.25) is 0 Å². The molecule has 0 saturated heterocycles. The zero-order chi connectivity index (χ0) is 9.26. The minimum atomic E-state index is -1.90. The van der Waals surface area contributed by atoms with E-state index >= 15 is 0 Å². The summed E-state index contributed by atoms with van der Waals surface area (Å²) in [4.78, 5) is 0. The van der Waals surface area contributed by atoms with E-state index in [2.05, 4.69) is 0 Å². The predicted octanol–water partition coefficient (Wildman–Crippen LogP) is -6.74. The first-order valence-corrected chi connectivity index (χ1v) is 4.08. The molecule has 0 bridgehead atoms. The van der Waals surface area contributed by atoms with E-state index in [0.29, 0.717) is 5.46 Å². The molecule has 0 aromatic heterocycles. The second kappa shape index (κ2) is 8.13. The minimum Gasteiger partial charge on any atom is -0.889 e. The van der Waals surface area contributed by atoms with Gasteiger partial charge in [-0.15, -0.1) is 5.46 Å². The molecule has 0 heterocycles. The second-order valence-corrected chi connectivity index (χ2v) is 2.90. The van der Waals surface area contributed by atoms with E-state index in [1.54, 1.807) is 18.2 Å². The van der Waals surface area contributed by atoms with Crippen molar-refractivity contribution in [2.24, 2.45) is 0 Å². The molecule has 0 atom stereocenters. The molecule has 0 fully saturated rings. The van der Waals surface area contributed by atoms with Crippen molar-refractivity contribution in [3.8, 4) is 0 Å². The van der Waals surface area contributed by atoms with Crippen LogP contribution >= 0.6 is 0 Å². The van der Waals surface area contributed by atoms with Gasteiger partial charge in [0.2, 0.25) is 0 Å². The smallest absolute Gasteiger partial charge is 0.889 e. The molecule has 0 saturated carbocycles. The molecular formula is C10H7BK2O2. The fourth-order valence-electron chi connectivity index (χ4n) is 1.46. The van der Waals surface area contributed by atoms with Crippen LogP contribution in [-0.2, 0) is 0 Å². The van der Waals surface area contributed by atoms with Gasteiger partial charge in [-0.2, -0.15) is 0 Å². The zero-order valence-electron chi connectivity index (χ0n) is 8.94. The van der Waals surface area contributed by atoms with Gasteiger partial charge in [0, 0.05) is 0 Å². The normalized spacial score (nSPS) is 8.93. The van der Waals surface area contributed by atoms with Crippen LogP contribution in [0.3, 0.4) is 0 Å². The first-order valence-electron chi connectivity index (χ1n) is 4.08. The van der Waals surface area contributed by atoms with E-state index in [9.17, 15) is 10.0 Å². The van der Waals surface area contributed by atoms with Gasteiger partial charge < -0.3 is 10.0 Å². The number of benzene rings is 2. The van der Waals surface area contributed by atoms with Crippen molar-refractivity contribution in [2.75, 3.05) is 0 Å². The van der Waals surface area contributed by atoms with Gasteiger partial charge in [-0.05, 0) is 10.8 Å². The third-order valence-electron chi connectivity index (χ3n) is 2.08. The van der Waals surface area contributed by atoms with Crippen molar-refractivity contribution in [1.29, 1.82) is 0 Å². The fourth-order valence-corrected chi connectivity index (χ4v) is 1.46. The zero-order valence-corrected chi connectivity index (χ0v) is 15.2. The Labute approximate surface area is 174 Å². The molecule has 0 N–H and O–H groups in total. The summed E-state index contributed by atoms with van der Waals surface area (Å²) in [5.74, 6) is 0. The predicted molar refractivity (Wildman–Crippen MR) is 49.3 cm³/mol. The third-order valence-corrected chi connectivity index (χ3v) is 2.08. The Bertz CT molecular complexity index is 429. The summed E-state index contributed by atoms with van der Waals surface area (Å²) >= 11 is 0. The van der Waals surface area contributed by atoms with Crippen molar-refractivity contribution < 1.29 is 113 Å². The molecule has 64 valence electrons. The van der Waals surface area contributed by atoms with Crippen molar-refractivity contribution in [1.82, 2.24) is 0 Å². The first kappa shape index (κ1) is 17.0. The molecule has 0 spiro atoms. The molecule has 0 aliphatic carbocycles. The average Bonchev–Trinajstić information content (AvgIpc) is 2.17. The van der Waals surface area contributed by atoms with Crippen molar-refractivity contribution >= 4 is 23.4 Å². The van der Waals surface area contributed by atoms with E-state index < -0.39 is 7.12 Å². The Hall–Kier alpha value is 1.96. The molecule has 0 radical (unpaired) electrons. The van der Waals surface area contributed by atoms with Gasteiger partial charge in [0.05, 0.1) is 0 Å². The molecular weight excluding hydrogens is 241 g/mol. The Morgan fingerprint density at radius 3 is 2.07 bits per heavy atom. The van der Waals surface area contributed by atoms with E-state index in [-0.39, 0.29) is 103 Å². The van der Waals surface area contributed by atoms with Crippen LogP contribution in [0.4, 0.5) is 0 Å². The summed E-state index contributed by atoms with van der Waals surface area (Å²) in [6, 6.07) is 12.6. The first-order chi connectivity index (χ1) is 6.29. The van der Waals surface area contributed by atoms with Gasteiger partial charge in [0.25, 0.3) is 0 Å². The molecule has 2 aromatic carbocycles. The van der Waals surface area contributed by atoms with Crippen molar-refractivity contribution in [3.05, 3.63) is 42.5 Å². The molecule has 0 aliphatic rings. The van der Waals surface area contributed by atoms with Crippen molar-refractivity contribution in [3.63, 3.8) is 0 Å². The summed E-state index contributed by atoms with van der Waals surface area (Å²) in [6.07, 6.45) is 0. The SMILES string of the molecule is [K+].[K+].[O-]B([O-])c1cccc2ccccc12. The van der Waals surface area contributed by atoms with E-state index in [1.165, 1.54) is 0 Å². The van der Waals surface area contributed by atoms with Crippen LogP contribution in [0.25, 0.3) is 10.8 Å². The van der Waals surface area contributed by atoms with Crippen LogP contribution in [0.5, 0.6) is 0 Å². The number of hydrogen-bond acceptors (Lipinski definition) is 2. The Morgan fingerprint density at radius 2 is 1.40 bits per heavy atom. The molecule has 2 rings (SSSR count). The second-order valence-electron chi connectivity index (χ2n) is 2.90. The molecule has 5 heteroatoms. The van der Waals surface area contributed by atoms with E-state index in [1.807, 2.05) is 24.3 Å². The summed E-state index contributed by atoms with van der Waals surface area (Å²) in [5, 5.41) is 23.3. The summed E-state index contributed by atoms with van der Waals surface area (Å²) in [6.45, 7) is 0. The van der Waals surface area contributed by atoms with Gasteiger partial charge in [-0.1, -0.05) is 49.6 Å². The minimum absolute atomic E-state index is 0. The van der Waals surface area contributed by atoms with Crippen LogP contribution < -0.4 is 118 Å². The number of hydrogen-bond donors (Lipinski definition) is 0. The molecule has 15 heavy (non-hydrogen) atoms. The molecule has 0 aliphatic heterocycles. The summed E-state index contributed by atoms with van der Waals surface area (Å²) < 4.78 is 0. The van der Waals surface area contributed by atoms with Crippen LogP contribution in [-0.4, -0.2) is 7.12 Å². The topological polar surface area (TPSA) is 46.1 Å². The maximum absolute atomic E-state index is 10.8. The number of fused-ring (bicyclic) bond motifs is 1. The monoisotopic (exact) mass is 248 g/mol. The molecule has 0 amide bonds. The van der Waals surface area contributed by atoms with Crippen molar-refractivity contribution in [2.45, 2.75) is 0 Å². The fraction of sp³-hybridized carbons (Fsp3) is 0. The van der Waals surface area contributed by atoms with Gasteiger partial charge in [-0.25, -0.2) is 0 Å². The van der Waals surface area contributed by atoms with Crippen LogP contribution in [0, 0.1) is 0 Å². The largest absolute Gasteiger partial charge is 1.00 e. The summed E-state index contributed by atoms with van der Waals surface area (Å²) in [7, 11) is -1.90. The quantitative estimate of drug-likeness (QED) is 0.471. The average molecular weight is 248 g/mol. The molecule has 0 unspecified atom stereocenters. The standard InChI is InChI=1S/C10H7BO2.2K/c12-11(13)10-7-3-5-8-4-1-2-6-9(8)10;;/h1-7H;;/q-2;2*+1. The third kappa shape index (κ3) is 4.28. The van der Waals surface area contributed by atoms with Crippen LogP contribution in [0.2, 0.25) is 0 Å². The molecule has 2 aromatic rings. The van der Waals surface area contributed by atoms with E-state index in [0.717, 1.165) is 10.8 Å².